The molecule has 0 aromatic heterocycles. The van der Waals surface area contributed by atoms with Crippen molar-refractivity contribution in [1.82, 2.24) is 0 Å². The summed E-state index contributed by atoms with van der Waals surface area (Å²) in [6.07, 6.45) is 8.24. The lowest BCUT2D eigenvalue weighted by Crippen LogP contribution is -2.33. The van der Waals surface area contributed by atoms with Gasteiger partial charge in [-0.3, -0.25) is 9.59 Å². The number of carbonyl (C=O) groups excluding carboxylic acids is 2. The number of unbranched alkanes of at least 4 members (excludes halogenated alkanes) is 2. The Morgan fingerprint density at radius 3 is 2.33 bits per heavy atom. The van der Waals surface area contributed by atoms with E-state index in [1.54, 1.807) is 12.2 Å². The molecule has 1 unspecified atom stereocenters. The summed E-state index contributed by atoms with van der Waals surface area (Å²) in [5.74, 6) is 0.497. The lowest BCUT2D eigenvalue weighted by molar-refractivity contribution is -0.131. The van der Waals surface area contributed by atoms with Gasteiger partial charge in [-0.05, 0) is 45.3 Å². The second-order valence-corrected chi connectivity index (χ2v) is 7.58. The molecule has 1 aliphatic carbocycles. The lowest BCUT2D eigenvalue weighted by atomic mass is 9.76. The van der Waals surface area contributed by atoms with Crippen LogP contribution in [0.5, 0.6) is 0 Å². The molecule has 0 spiro atoms. The topological polar surface area (TPSA) is 43.4 Å². The molecule has 3 nitrogen and oxygen atoms in total. The predicted octanol–water partition coefficient (Wildman–Crippen LogP) is 5.90. The van der Waals surface area contributed by atoms with Gasteiger partial charge in [0.25, 0.3) is 0 Å². The highest BCUT2D eigenvalue weighted by Crippen LogP contribution is 2.41. The highest BCUT2D eigenvalue weighted by atomic mass is 16.5. The third kappa shape index (κ3) is 4.97. The van der Waals surface area contributed by atoms with E-state index >= 15 is 0 Å². The number of ketones is 2. The Kier molecular flexibility index (Phi) is 7.58. The van der Waals surface area contributed by atoms with E-state index in [-0.39, 0.29) is 17.7 Å². The van der Waals surface area contributed by atoms with Gasteiger partial charge in [0.1, 0.15) is 11.2 Å². The fourth-order valence-corrected chi connectivity index (χ4v) is 3.47. The normalized spacial score (nSPS) is 20.3. The number of Topliss-reactive ketones (excluding diaryl/α,β-unsaturated/α-hetero) is 1. The number of benzene rings is 1. The van der Waals surface area contributed by atoms with Crippen molar-refractivity contribution in [2.45, 2.75) is 72.3 Å². The van der Waals surface area contributed by atoms with E-state index in [0.717, 1.165) is 31.2 Å². The maximum absolute atomic E-state index is 13.3. The molecule has 1 aromatic rings. The van der Waals surface area contributed by atoms with Gasteiger partial charge in [0.2, 0.25) is 0 Å². The van der Waals surface area contributed by atoms with E-state index in [4.69, 9.17) is 4.74 Å². The van der Waals surface area contributed by atoms with Crippen molar-refractivity contribution in [2.75, 3.05) is 0 Å². The van der Waals surface area contributed by atoms with Crippen LogP contribution in [0.1, 0.15) is 71.8 Å². The third-order valence-electron chi connectivity index (χ3n) is 4.96. The summed E-state index contributed by atoms with van der Waals surface area (Å²) in [4.78, 5) is 26.4. The largest absolute Gasteiger partial charge is 0.491 e. The summed E-state index contributed by atoms with van der Waals surface area (Å²) in [5.41, 5.74) is 0.454. The molecule has 2 rings (SSSR count). The van der Waals surface area contributed by atoms with Crippen molar-refractivity contribution in [2.24, 2.45) is 5.41 Å². The average Bonchev–Trinajstić information content (AvgIpc) is 2.89. The molecule has 0 fully saturated rings. The second-order valence-electron chi connectivity index (χ2n) is 7.58. The van der Waals surface area contributed by atoms with Crippen LogP contribution < -0.4 is 0 Å². The van der Waals surface area contributed by atoms with Crippen molar-refractivity contribution >= 4 is 17.3 Å². The monoisotopic (exact) mass is 368 g/mol. The average molecular weight is 369 g/mol. The standard InChI is InChI=1S/C24H32O3/c1-5-7-12-20-16-22(25)24(23(20)26,15-8-6-2)17-21(27-18(3)4)19-13-10-9-11-14-19/h9-11,13-14,16-18H,5-8,12,15H2,1-4H3/b21-17-. The molecule has 146 valence electrons. The number of ether oxygens (including phenoxy) is 1. The fraction of sp³-hybridized carbons (Fsp3) is 0.500. The van der Waals surface area contributed by atoms with Crippen LogP contribution in [-0.2, 0) is 14.3 Å². The summed E-state index contributed by atoms with van der Waals surface area (Å²) < 4.78 is 6.05. The zero-order chi connectivity index (χ0) is 19.9. The van der Waals surface area contributed by atoms with Gasteiger partial charge in [-0.2, -0.15) is 0 Å². The van der Waals surface area contributed by atoms with E-state index in [0.29, 0.717) is 24.2 Å². The molecule has 0 heterocycles. The van der Waals surface area contributed by atoms with Gasteiger partial charge in [0, 0.05) is 11.1 Å². The maximum atomic E-state index is 13.3. The first kappa shape index (κ1) is 21.1. The van der Waals surface area contributed by atoms with Gasteiger partial charge in [0.15, 0.2) is 11.6 Å². The smallest absolute Gasteiger partial charge is 0.176 e. The molecule has 0 N–H and O–H groups in total. The van der Waals surface area contributed by atoms with Gasteiger partial charge >= 0.3 is 0 Å². The van der Waals surface area contributed by atoms with Crippen LogP contribution in [0.2, 0.25) is 0 Å². The first-order chi connectivity index (χ1) is 12.9. The van der Waals surface area contributed by atoms with E-state index in [9.17, 15) is 9.59 Å². The van der Waals surface area contributed by atoms with Crippen molar-refractivity contribution < 1.29 is 14.3 Å². The first-order valence-corrected chi connectivity index (χ1v) is 10.2. The van der Waals surface area contributed by atoms with Crippen LogP contribution in [-0.4, -0.2) is 17.7 Å². The number of allylic oxidation sites excluding steroid dienone is 3. The highest BCUT2D eigenvalue weighted by Gasteiger charge is 2.48. The molecule has 0 amide bonds. The minimum Gasteiger partial charge on any atom is -0.491 e. The number of rotatable bonds is 10. The van der Waals surface area contributed by atoms with Gasteiger partial charge in [-0.1, -0.05) is 63.4 Å². The van der Waals surface area contributed by atoms with Crippen LogP contribution in [0.25, 0.3) is 5.76 Å². The molecule has 0 radical (unpaired) electrons. The molecule has 1 aromatic carbocycles. The molecule has 27 heavy (non-hydrogen) atoms. The zero-order valence-corrected chi connectivity index (χ0v) is 17.1. The Labute approximate surface area is 163 Å². The maximum Gasteiger partial charge on any atom is 0.176 e. The van der Waals surface area contributed by atoms with Crippen molar-refractivity contribution in [3.63, 3.8) is 0 Å². The minimum absolute atomic E-state index is 0.0322. The van der Waals surface area contributed by atoms with E-state index in [1.165, 1.54) is 0 Å². The zero-order valence-electron chi connectivity index (χ0n) is 17.1. The van der Waals surface area contributed by atoms with Crippen LogP contribution in [0.3, 0.4) is 0 Å². The van der Waals surface area contributed by atoms with E-state index in [1.807, 2.05) is 44.2 Å². The Morgan fingerprint density at radius 1 is 1.07 bits per heavy atom. The van der Waals surface area contributed by atoms with Crippen LogP contribution in [0.15, 0.2) is 48.1 Å². The summed E-state index contributed by atoms with van der Waals surface area (Å²) in [6, 6.07) is 9.73. The van der Waals surface area contributed by atoms with Gasteiger partial charge in [0.05, 0.1) is 6.10 Å². The first-order valence-electron chi connectivity index (χ1n) is 10.2. The molecular formula is C24H32O3. The lowest BCUT2D eigenvalue weighted by Gasteiger charge is -2.25. The summed E-state index contributed by atoms with van der Waals surface area (Å²) in [7, 11) is 0. The summed E-state index contributed by atoms with van der Waals surface area (Å²) in [6.45, 7) is 8.09. The van der Waals surface area contributed by atoms with Gasteiger partial charge in [-0.25, -0.2) is 0 Å². The van der Waals surface area contributed by atoms with Crippen molar-refractivity contribution in [1.29, 1.82) is 0 Å². The SMILES string of the molecule is CCCCC1=CC(=O)C(/C=C(\OC(C)C)c2ccccc2)(CCCC)C1=O. The van der Waals surface area contributed by atoms with E-state index < -0.39 is 5.41 Å². The predicted molar refractivity (Wildman–Crippen MR) is 110 cm³/mol. The molecule has 1 aliphatic rings. The quantitative estimate of drug-likeness (QED) is 0.381. The molecule has 3 heteroatoms. The minimum atomic E-state index is -1.11. The Bertz CT molecular complexity index is 712. The Hall–Kier alpha value is -2.16. The van der Waals surface area contributed by atoms with E-state index in [2.05, 4.69) is 13.8 Å². The Balaban J connectivity index is 2.49. The van der Waals surface area contributed by atoms with Crippen molar-refractivity contribution in [3.8, 4) is 0 Å². The van der Waals surface area contributed by atoms with Crippen molar-refractivity contribution in [3.05, 3.63) is 53.6 Å². The Morgan fingerprint density at radius 2 is 1.74 bits per heavy atom. The van der Waals surface area contributed by atoms with Crippen LogP contribution >= 0.6 is 0 Å². The number of hydrogen-bond acceptors (Lipinski definition) is 3. The third-order valence-corrected chi connectivity index (χ3v) is 4.96. The van der Waals surface area contributed by atoms with Gasteiger partial charge in [-0.15, -0.1) is 0 Å². The molecule has 0 saturated carbocycles. The highest BCUT2D eigenvalue weighted by molar-refractivity contribution is 6.26. The summed E-state index contributed by atoms with van der Waals surface area (Å²) in [5, 5.41) is 0. The van der Waals surface area contributed by atoms with Crippen LogP contribution in [0.4, 0.5) is 0 Å². The number of carbonyl (C=O) groups is 2. The number of hydrogen-bond donors (Lipinski definition) is 0. The molecule has 1 atom stereocenters. The molecule has 0 aliphatic heterocycles. The summed E-state index contributed by atoms with van der Waals surface area (Å²) >= 11 is 0. The van der Waals surface area contributed by atoms with Crippen LogP contribution in [0, 0.1) is 5.41 Å². The fourth-order valence-electron chi connectivity index (χ4n) is 3.47. The molecule has 0 saturated heterocycles. The second kappa shape index (κ2) is 9.68. The molecule has 0 bridgehead atoms. The molecular weight excluding hydrogens is 336 g/mol. The van der Waals surface area contributed by atoms with Gasteiger partial charge < -0.3 is 4.74 Å².